The van der Waals surface area contributed by atoms with Gasteiger partial charge < -0.3 is 19.7 Å². The number of nitrogens with one attached hydrogen (secondary N) is 1. The molecule has 0 saturated carbocycles. The van der Waals surface area contributed by atoms with Gasteiger partial charge in [-0.2, -0.15) is 0 Å². The van der Waals surface area contributed by atoms with Gasteiger partial charge >= 0.3 is 6.03 Å². The highest BCUT2D eigenvalue weighted by atomic mass is 32.2. The largest absolute Gasteiger partial charge is 0.497 e. The van der Waals surface area contributed by atoms with E-state index in [1.807, 2.05) is 4.90 Å². The fourth-order valence-corrected chi connectivity index (χ4v) is 4.43. The van der Waals surface area contributed by atoms with Crippen LogP contribution in [0, 0.1) is 0 Å². The standard InChI is InChI=1S/C22H28N2O3S/c1-22(2,3)16-8-6-15(7-9-16)20-24(10-11-28-20)21(25)23-17-12-18(26-4)14-19(13-17)27-5/h6-9,12-14,20H,10-11H2,1-5H3,(H,23,25)/t20-/m1/s1. The molecule has 28 heavy (non-hydrogen) atoms. The number of rotatable bonds is 4. The maximum Gasteiger partial charge on any atom is 0.323 e. The molecule has 5 nitrogen and oxygen atoms in total. The van der Waals surface area contributed by atoms with Crippen LogP contribution in [0.5, 0.6) is 11.5 Å². The zero-order chi connectivity index (χ0) is 20.3. The average molecular weight is 401 g/mol. The van der Waals surface area contributed by atoms with Gasteiger partial charge in [-0.25, -0.2) is 4.79 Å². The minimum atomic E-state index is -0.120. The van der Waals surface area contributed by atoms with Gasteiger partial charge in [0, 0.05) is 36.2 Å². The number of anilines is 1. The molecule has 0 unspecified atom stereocenters. The Morgan fingerprint density at radius 1 is 1.07 bits per heavy atom. The fourth-order valence-electron chi connectivity index (χ4n) is 3.18. The summed E-state index contributed by atoms with van der Waals surface area (Å²) in [6.07, 6.45) is 0. The molecule has 1 N–H and O–H groups in total. The monoisotopic (exact) mass is 400 g/mol. The molecule has 0 aliphatic carbocycles. The second kappa shape index (κ2) is 8.35. The molecule has 6 heteroatoms. The molecule has 1 aliphatic heterocycles. The number of benzene rings is 2. The molecule has 2 amide bonds. The topological polar surface area (TPSA) is 50.8 Å². The van der Waals surface area contributed by atoms with Gasteiger partial charge in [0.1, 0.15) is 16.9 Å². The van der Waals surface area contributed by atoms with Crippen molar-refractivity contribution in [2.45, 2.75) is 31.6 Å². The number of thioether (sulfide) groups is 1. The van der Waals surface area contributed by atoms with Crippen LogP contribution in [0.2, 0.25) is 0 Å². The van der Waals surface area contributed by atoms with Gasteiger partial charge in [-0.05, 0) is 16.5 Å². The number of carbonyl (C=O) groups is 1. The molecule has 1 atom stereocenters. The van der Waals surface area contributed by atoms with E-state index in [4.69, 9.17) is 9.47 Å². The molecule has 1 saturated heterocycles. The van der Waals surface area contributed by atoms with Crippen LogP contribution in [0.25, 0.3) is 0 Å². The van der Waals surface area contributed by atoms with E-state index in [9.17, 15) is 4.79 Å². The highest BCUT2D eigenvalue weighted by Gasteiger charge is 2.31. The summed E-state index contributed by atoms with van der Waals surface area (Å²) in [6.45, 7) is 7.32. The third-order valence-electron chi connectivity index (χ3n) is 4.82. The van der Waals surface area contributed by atoms with Crippen molar-refractivity contribution >= 4 is 23.5 Å². The van der Waals surface area contributed by atoms with E-state index in [1.165, 1.54) is 5.56 Å². The molecular weight excluding hydrogens is 372 g/mol. The van der Waals surface area contributed by atoms with Crippen LogP contribution >= 0.6 is 11.8 Å². The van der Waals surface area contributed by atoms with Crippen LogP contribution in [-0.2, 0) is 5.41 Å². The van der Waals surface area contributed by atoms with Gasteiger partial charge in [-0.3, -0.25) is 0 Å². The van der Waals surface area contributed by atoms with E-state index in [0.29, 0.717) is 23.7 Å². The van der Waals surface area contributed by atoms with Gasteiger partial charge in [-0.1, -0.05) is 45.0 Å². The van der Waals surface area contributed by atoms with Crippen molar-refractivity contribution in [3.05, 3.63) is 53.6 Å². The predicted octanol–water partition coefficient (Wildman–Crippen LogP) is 5.28. The van der Waals surface area contributed by atoms with Gasteiger partial charge in [0.25, 0.3) is 0 Å². The first kappa shape index (κ1) is 20.4. The van der Waals surface area contributed by atoms with Gasteiger partial charge in [0.2, 0.25) is 0 Å². The van der Waals surface area contributed by atoms with E-state index in [2.05, 4.69) is 50.4 Å². The Balaban J connectivity index is 1.76. The Kier molecular flexibility index (Phi) is 6.08. The molecule has 1 fully saturated rings. The number of amides is 2. The number of methoxy groups -OCH3 is 2. The fraction of sp³-hybridized carbons (Fsp3) is 0.409. The first-order valence-electron chi connectivity index (χ1n) is 9.34. The van der Waals surface area contributed by atoms with Crippen LogP contribution in [0.4, 0.5) is 10.5 Å². The van der Waals surface area contributed by atoms with Crippen molar-refractivity contribution in [3.63, 3.8) is 0 Å². The summed E-state index contributed by atoms with van der Waals surface area (Å²) in [7, 11) is 3.18. The zero-order valence-electron chi connectivity index (χ0n) is 17.1. The Hall–Kier alpha value is -2.34. The highest BCUT2D eigenvalue weighted by Crippen LogP contribution is 2.39. The number of hydrogen-bond donors (Lipinski definition) is 1. The lowest BCUT2D eigenvalue weighted by Gasteiger charge is -2.26. The molecule has 0 aromatic heterocycles. The molecule has 1 aliphatic rings. The average Bonchev–Trinajstić information content (AvgIpc) is 3.17. The first-order valence-corrected chi connectivity index (χ1v) is 10.4. The second-order valence-corrected chi connectivity index (χ2v) is 9.01. The minimum Gasteiger partial charge on any atom is -0.497 e. The maximum absolute atomic E-state index is 12.9. The highest BCUT2D eigenvalue weighted by molar-refractivity contribution is 7.99. The zero-order valence-corrected chi connectivity index (χ0v) is 17.9. The molecule has 3 rings (SSSR count). The number of carbonyl (C=O) groups excluding carboxylic acids is 1. The van der Waals surface area contributed by atoms with Crippen LogP contribution in [0.1, 0.15) is 37.3 Å². The summed E-state index contributed by atoms with van der Waals surface area (Å²) in [5, 5.41) is 3.00. The number of hydrogen-bond acceptors (Lipinski definition) is 4. The van der Waals surface area contributed by atoms with E-state index in [-0.39, 0.29) is 16.8 Å². The Bertz CT molecular complexity index is 808. The summed E-state index contributed by atoms with van der Waals surface area (Å²) in [5.41, 5.74) is 3.21. The summed E-state index contributed by atoms with van der Waals surface area (Å²) >= 11 is 1.79. The number of urea groups is 1. The molecule has 150 valence electrons. The Labute approximate surface area is 171 Å². The van der Waals surface area contributed by atoms with E-state index in [0.717, 1.165) is 11.3 Å². The maximum atomic E-state index is 12.9. The molecular formula is C22H28N2O3S. The summed E-state index contributed by atoms with van der Waals surface area (Å²) in [6, 6.07) is 13.8. The third kappa shape index (κ3) is 4.55. The SMILES string of the molecule is COc1cc(NC(=O)N2CCS[C@@H]2c2ccc(C(C)(C)C)cc2)cc(OC)c1. The second-order valence-electron chi connectivity index (χ2n) is 7.82. The Morgan fingerprint density at radius 3 is 2.21 bits per heavy atom. The van der Waals surface area contributed by atoms with Crippen molar-refractivity contribution in [1.82, 2.24) is 4.90 Å². The quantitative estimate of drug-likeness (QED) is 0.758. The van der Waals surface area contributed by atoms with Crippen LogP contribution in [0.15, 0.2) is 42.5 Å². The van der Waals surface area contributed by atoms with E-state index >= 15 is 0 Å². The molecule has 0 bridgehead atoms. The molecule has 0 radical (unpaired) electrons. The van der Waals surface area contributed by atoms with Crippen LogP contribution < -0.4 is 14.8 Å². The predicted molar refractivity (Wildman–Crippen MR) is 116 cm³/mol. The van der Waals surface area contributed by atoms with Crippen molar-refractivity contribution in [2.75, 3.05) is 31.8 Å². The first-order chi connectivity index (χ1) is 13.3. The lowest BCUT2D eigenvalue weighted by atomic mass is 9.87. The number of ether oxygens (including phenoxy) is 2. The summed E-state index contributed by atoms with van der Waals surface area (Å²) < 4.78 is 10.6. The number of nitrogens with zero attached hydrogens (tertiary/aromatic N) is 1. The molecule has 0 spiro atoms. The summed E-state index contributed by atoms with van der Waals surface area (Å²) in [5.74, 6) is 2.19. The third-order valence-corrected chi connectivity index (χ3v) is 6.08. The minimum absolute atomic E-state index is 0.0153. The lowest BCUT2D eigenvalue weighted by molar-refractivity contribution is 0.214. The van der Waals surface area contributed by atoms with Crippen molar-refractivity contribution in [1.29, 1.82) is 0 Å². The van der Waals surface area contributed by atoms with Crippen LogP contribution in [-0.4, -0.2) is 37.4 Å². The van der Waals surface area contributed by atoms with Crippen molar-refractivity contribution in [3.8, 4) is 11.5 Å². The van der Waals surface area contributed by atoms with Crippen molar-refractivity contribution in [2.24, 2.45) is 0 Å². The van der Waals surface area contributed by atoms with E-state index in [1.54, 1.807) is 44.2 Å². The van der Waals surface area contributed by atoms with Crippen LogP contribution in [0.3, 0.4) is 0 Å². The Morgan fingerprint density at radius 2 is 1.68 bits per heavy atom. The molecule has 2 aromatic rings. The van der Waals surface area contributed by atoms with Gasteiger partial charge in [-0.15, -0.1) is 11.8 Å². The smallest absolute Gasteiger partial charge is 0.323 e. The van der Waals surface area contributed by atoms with Gasteiger partial charge in [0.15, 0.2) is 0 Å². The van der Waals surface area contributed by atoms with Crippen molar-refractivity contribution < 1.29 is 14.3 Å². The molecule has 2 aromatic carbocycles. The molecule has 1 heterocycles. The lowest BCUT2D eigenvalue weighted by Crippen LogP contribution is -2.34. The van der Waals surface area contributed by atoms with Gasteiger partial charge in [0.05, 0.1) is 14.2 Å². The van der Waals surface area contributed by atoms with E-state index < -0.39 is 0 Å². The summed E-state index contributed by atoms with van der Waals surface area (Å²) in [4.78, 5) is 14.8. The normalized spacial score (nSPS) is 16.8.